The van der Waals surface area contributed by atoms with E-state index in [0.717, 1.165) is 4.68 Å². The molecular formula is C5H3ClN8O4. The second-order valence-electron chi connectivity index (χ2n) is 2.96. The van der Waals surface area contributed by atoms with Gasteiger partial charge in [-0.05, 0) is 14.5 Å². The van der Waals surface area contributed by atoms with Crippen molar-refractivity contribution in [2.45, 2.75) is 6.54 Å². The van der Waals surface area contributed by atoms with Gasteiger partial charge in [0, 0.05) is 0 Å². The third-order valence-electron chi connectivity index (χ3n) is 1.88. The molecule has 2 aromatic rings. The van der Waals surface area contributed by atoms with Crippen molar-refractivity contribution in [2.24, 2.45) is 0 Å². The van der Waals surface area contributed by atoms with Gasteiger partial charge in [0.05, 0.1) is 0 Å². The topological polar surface area (TPSA) is 159 Å². The van der Waals surface area contributed by atoms with Gasteiger partial charge in [0.25, 0.3) is 0 Å². The van der Waals surface area contributed by atoms with E-state index in [2.05, 4.69) is 25.7 Å². The average molecular weight is 275 g/mol. The van der Waals surface area contributed by atoms with Crippen molar-refractivity contribution >= 4 is 23.2 Å². The number of H-pyrrole nitrogens is 1. The molecule has 0 amide bonds. The molecule has 2 aromatic heterocycles. The van der Waals surface area contributed by atoms with Crippen LogP contribution < -0.4 is 0 Å². The highest BCUT2D eigenvalue weighted by molar-refractivity contribution is 6.34. The number of rotatable bonds is 4. The molecule has 2 rings (SSSR count). The van der Waals surface area contributed by atoms with Crippen molar-refractivity contribution in [3.8, 4) is 0 Å². The molecule has 0 aromatic carbocycles. The zero-order valence-electron chi connectivity index (χ0n) is 8.35. The molecule has 0 radical (unpaired) electrons. The Morgan fingerprint density at radius 1 is 1.33 bits per heavy atom. The van der Waals surface area contributed by atoms with Gasteiger partial charge < -0.3 is 20.2 Å². The van der Waals surface area contributed by atoms with Crippen molar-refractivity contribution in [1.29, 1.82) is 0 Å². The van der Waals surface area contributed by atoms with Crippen LogP contribution in [0.5, 0.6) is 0 Å². The van der Waals surface area contributed by atoms with Gasteiger partial charge in [-0.3, -0.25) is 0 Å². The summed E-state index contributed by atoms with van der Waals surface area (Å²) in [6, 6.07) is 0. The lowest BCUT2D eigenvalue weighted by molar-refractivity contribution is -0.394. The van der Waals surface area contributed by atoms with Crippen molar-refractivity contribution in [2.75, 3.05) is 0 Å². The molecule has 12 nitrogen and oxygen atoms in total. The lowest BCUT2D eigenvalue weighted by atomic mass is 10.5. The molecule has 0 unspecified atom stereocenters. The molecule has 0 aliphatic carbocycles. The fraction of sp³-hybridized carbons (Fsp3) is 0.200. The van der Waals surface area contributed by atoms with Crippen LogP contribution in [-0.4, -0.2) is 40.3 Å². The molecule has 0 fully saturated rings. The molecular weight excluding hydrogens is 272 g/mol. The Bertz CT molecular complexity index is 605. The summed E-state index contributed by atoms with van der Waals surface area (Å²) in [6.07, 6.45) is 0. The summed E-state index contributed by atoms with van der Waals surface area (Å²) in [5, 5.41) is 36.6. The predicted octanol–water partition coefficient (Wildman–Crippen LogP) is -0.0857. The maximum atomic E-state index is 10.8. The van der Waals surface area contributed by atoms with E-state index in [9.17, 15) is 20.2 Å². The fourth-order valence-corrected chi connectivity index (χ4v) is 1.48. The van der Waals surface area contributed by atoms with Gasteiger partial charge in [-0.15, -0.1) is 10.2 Å². The third-order valence-corrected chi connectivity index (χ3v) is 2.22. The third kappa shape index (κ3) is 1.95. The normalized spacial score (nSPS) is 10.5. The first kappa shape index (κ1) is 11.8. The van der Waals surface area contributed by atoms with Crippen LogP contribution in [0.25, 0.3) is 0 Å². The molecule has 13 heteroatoms. The van der Waals surface area contributed by atoms with Crippen LogP contribution in [0.3, 0.4) is 0 Å². The van der Waals surface area contributed by atoms with Gasteiger partial charge in [0.2, 0.25) is 10.8 Å². The minimum Gasteiger partial charge on any atom is -0.358 e. The van der Waals surface area contributed by atoms with Crippen LogP contribution in [0.4, 0.5) is 11.6 Å². The number of halogens is 1. The SMILES string of the molecule is O=[N+]([O-])c1nn(Cc2nn[nH]n2)c([N+](=O)[O-])c1Cl. The number of nitro groups is 2. The van der Waals surface area contributed by atoms with Gasteiger partial charge in [-0.2, -0.15) is 5.21 Å². The monoisotopic (exact) mass is 274 g/mol. The number of hydrogen-bond acceptors (Lipinski definition) is 8. The largest absolute Gasteiger partial charge is 0.439 e. The standard InChI is InChI=1S/C5H3ClN8O4/c6-3-4(13(15)16)9-12(5(3)14(17)18)1-2-7-10-11-8-2/h1H2,(H,7,8,10,11). The smallest absolute Gasteiger partial charge is 0.358 e. The molecule has 94 valence electrons. The van der Waals surface area contributed by atoms with Crippen LogP contribution in [-0.2, 0) is 6.54 Å². The molecule has 0 aliphatic heterocycles. The van der Waals surface area contributed by atoms with Crippen molar-refractivity contribution < 1.29 is 9.85 Å². The van der Waals surface area contributed by atoms with Gasteiger partial charge in [0.1, 0.15) is 0 Å². The van der Waals surface area contributed by atoms with Gasteiger partial charge >= 0.3 is 11.6 Å². The lowest BCUT2D eigenvalue weighted by Gasteiger charge is -1.92. The van der Waals surface area contributed by atoms with Crippen LogP contribution in [0.1, 0.15) is 5.82 Å². The fourth-order valence-electron chi connectivity index (χ4n) is 1.20. The number of hydrogen-bond donors (Lipinski definition) is 1. The van der Waals surface area contributed by atoms with Crippen LogP contribution in [0.15, 0.2) is 0 Å². The Morgan fingerprint density at radius 3 is 2.56 bits per heavy atom. The maximum Gasteiger partial charge on any atom is 0.439 e. The second kappa shape index (κ2) is 4.33. The summed E-state index contributed by atoms with van der Waals surface area (Å²) in [4.78, 5) is 19.6. The Balaban J connectivity index is 2.49. The second-order valence-corrected chi connectivity index (χ2v) is 3.34. The molecule has 0 aliphatic rings. The molecule has 0 saturated heterocycles. The van der Waals surface area contributed by atoms with Crippen molar-refractivity contribution in [3.63, 3.8) is 0 Å². The molecule has 0 bridgehead atoms. The number of tetrazole rings is 1. The highest BCUT2D eigenvalue weighted by atomic mass is 35.5. The Labute approximate surface area is 102 Å². The molecule has 18 heavy (non-hydrogen) atoms. The number of aromatic amines is 1. The van der Waals surface area contributed by atoms with E-state index in [1.165, 1.54) is 0 Å². The lowest BCUT2D eigenvalue weighted by Crippen LogP contribution is -2.07. The first-order valence-corrected chi connectivity index (χ1v) is 4.66. The maximum absolute atomic E-state index is 10.8. The Morgan fingerprint density at radius 2 is 2.06 bits per heavy atom. The minimum atomic E-state index is -0.915. The highest BCUT2D eigenvalue weighted by Gasteiger charge is 2.36. The van der Waals surface area contributed by atoms with E-state index in [1.807, 2.05) is 0 Å². The van der Waals surface area contributed by atoms with Crippen LogP contribution in [0, 0.1) is 20.2 Å². The van der Waals surface area contributed by atoms with Gasteiger partial charge in [-0.1, -0.05) is 16.8 Å². The van der Waals surface area contributed by atoms with E-state index in [1.54, 1.807) is 0 Å². The van der Waals surface area contributed by atoms with Gasteiger partial charge in [-0.25, -0.2) is 0 Å². The first-order chi connectivity index (χ1) is 8.50. The van der Waals surface area contributed by atoms with Crippen molar-refractivity contribution in [1.82, 2.24) is 30.4 Å². The van der Waals surface area contributed by atoms with E-state index >= 15 is 0 Å². The summed E-state index contributed by atoms with van der Waals surface area (Å²) in [5.74, 6) is -1.42. The van der Waals surface area contributed by atoms with Crippen LogP contribution in [0.2, 0.25) is 5.02 Å². The summed E-state index contributed by atoms with van der Waals surface area (Å²) in [5.41, 5.74) is 0. The molecule has 0 atom stereocenters. The van der Waals surface area contributed by atoms with E-state index in [0.29, 0.717) is 0 Å². The van der Waals surface area contributed by atoms with Crippen LogP contribution >= 0.6 is 11.6 Å². The summed E-state index contributed by atoms with van der Waals surface area (Å²) >= 11 is 5.53. The molecule has 0 saturated carbocycles. The zero-order chi connectivity index (χ0) is 13.3. The van der Waals surface area contributed by atoms with Gasteiger partial charge in [0.15, 0.2) is 11.6 Å². The van der Waals surface area contributed by atoms with Crippen molar-refractivity contribution in [3.05, 3.63) is 31.1 Å². The Kier molecular flexibility index (Phi) is 2.85. The number of nitrogens with one attached hydrogen (secondary N) is 1. The predicted molar refractivity (Wildman–Crippen MR) is 53.8 cm³/mol. The summed E-state index contributed by atoms with van der Waals surface area (Å²) < 4.78 is 0.727. The Hall–Kier alpha value is -2.63. The summed E-state index contributed by atoms with van der Waals surface area (Å²) in [7, 11) is 0. The first-order valence-electron chi connectivity index (χ1n) is 4.28. The number of aromatic nitrogens is 6. The molecule has 0 spiro atoms. The average Bonchev–Trinajstić information content (AvgIpc) is 2.86. The van der Waals surface area contributed by atoms with E-state index in [4.69, 9.17) is 11.6 Å². The van der Waals surface area contributed by atoms with E-state index in [-0.39, 0.29) is 12.4 Å². The number of nitrogens with zero attached hydrogens (tertiary/aromatic N) is 7. The minimum absolute atomic E-state index is 0.0761. The summed E-state index contributed by atoms with van der Waals surface area (Å²) in [6.45, 7) is -0.264. The molecule has 1 N–H and O–H groups in total. The van der Waals surface area contributed by atoms with E-state index < -0.39 is 26.5 Å². The highest BCUT2D eigenvalue weighted by Crippen LogP contribution is 2.33. The quantitative estimate of drug-likeness (QED) is 0.598. The zero-order valence-corrected chi connectivity index (χ0v) is 9.10. The molecule has 2 heterocycles.